The number of hydrogen-bond acceptors (Lipinski definition) is 1. The van der Waals surface area contributed by atoms with Gasteiger partial charge in [0.1, 0.15) is 0 Å². The molecule has 0 unspecified atom stereocenters. The first-order valence-corrected chi connectivity index (χ1v) is 8.72. The van der Waals surface area contributed by atoms with Crippen LogP contribution < -0.4 is 5.73 Å². The number of nitrogens with two attached hydrogens (primary N) is 1. The van der Waals surface area contributed by atoms with E-state index in [2.05, 4.69) is 6.07 Å². The Bertz CT molecular complexity index is 1230. The molecule has 2 N–H and O–H groups in total. The van der Waals surface area contributed by atoms with E-state index in [1.165, 1.54) is 12.1 Å². The zero-order valence-electron chi connectivity index (χ0n) is 14.3. The van der Waals surface area contributed by atoms with Gasteiger partial charge in [0.2, 0.25) is 5.91 Å². The summed E-state index contributed by atoms with van der Waals surface area (Å²) in [6.45, 7) is -0.0495. The summed E-state index contributed by atoms with van der Waals surface area (Å²) in [5.74, 6) is -0.622. The molecule has 1 radical (unpaired) electrons. The third kappa shape index (κ3) is 2.99. The first kappa shape index (κ1) is 18.4. The summed E-state index contributed by atoms with van der Waals surface area (Å²) >= 11 is 6.11. The van der Waals surface area contributed by atoms with Crippen molar-refractivity contribution in [2.45, 2.75) is 12.7 Å². The fourth-order valence-corrected chi connectivity index (χ4v) is 3.67. The van der Waals surface area contributed by atoms with Gasteiger partial charge in [-0.05, 0) is 42.0 Å². The van der Waals surface area contributed by atoms with Crippen molar-refractivity contribution < 1.29 is 18.0 Å². The van der Waals surface area contributed by atoms with Crippen molar-refractivity contribution in [2.75, 3.05) is 0 Å². The van der Waals surface area contributed by atoms with Crippen LogP contribution in [0.5, 0.6) is 0 Å². The molecule has 4 aromatic rings. The van der Waals surface area contributed by atoms with Crippen LogP contribution in [0.1, 0.15) is 21.5 Å². The molecule has 4 rings (SSSR count). The van der Waals surface area contributed by atoms with E-state index in [-0.39, 0.29) is 17.7 Å². The minimum absolute atomic E-state index is 0.0495. The van der Waals surface area contributed by atoms with Gasteiger partial charge in [-0.25, -0.2) is 0 Å². The van der Waals surface area contributed by atoms with E-state index in [0.29, 0.717) is 26.8 Å². The molecule has 1 heterocycles. The molecule has 0 bridgehead atoms. The lowest BCUT2D eigenvalue weighted by Crippen LogP contribution is -2.12. The Hall–Kier alpha value is -2.99. The van der Waals surface area contributed by atoms with Gasteiger partial charge in [0, 0.05) is 27.9 Å². The molecule has 0 spiro atoms. The Balaban J connectivity index is 2.04. The third-order valence-electron chi connectivity index (χ3n) is 4.68. The molecule has 0 aliphatic rings. The third-order valence-corrected chi connectivity index (χ3v) is 4.89. The van der Waals surface area contributed by atoms with E-state index in [9.17, 15) is 18.0 Å². The lowest BCUT2D eigenvalue weighted by atomic mass is 10.1. The van der Waals surface area contributed by atoms with E-state index in [1.807, 2.05) is 0 Å². The van der Waals surface area contributed by atoms with Crippen LogP contribution in [0.25, 0.3) is 21.8 Å². The standard InChI is InChI=1S/C21H13ClF3N2O/c22-13-8-9-14-18(10-13)27(17-7-3-5-15(19(14)17)20(26)28)11-12-4-1-2-6-16(12)21(23,24)25/h1-8,10H,11H2,(H2,26,28). The quantitative estimate of drug-likeness (QED) is 0.490. The number of carbonyl (C=O) groups excluding carboxylic acids is 1. The number of rotatable bonds is 3. The average Bonchev–Trinajstić information content (AvgIpc) is 2.94. The molecular formula is C21H13ClF3N2O. The van der Waals surface area contributed by atoms with E-state index >= 15 is 0 Å². The molecule has 28 heavy (non-hydrogen) atoms. The summed E-state index contributed by atoms with van der Waals surface area (Å²) in [6, 6.07) is 16.6. The maximum absolute atomic E-state index is 13.4. The first-order valence-electron chi connectivity index (χ1n) is 8.34. The van der Waals surface area contributed by atoms with Gasteiger partial charge in [-0.3, -0.25) is 4.79 Å². The number of carbonyl (C=O) groups is 1. The number of primary amides is 1. The second-order valence-electron chi connectivity index (χ2n) is 6.38. The van der Waals surface area contributed by atoms with Crippen LogP contribution in [0.3, 0.4) is 0 Å². The van der Waals surface area contributed by atoms with Crippen molar-refractivity contribution in [3.63, 3.8) is 0 Å². The maximum Gasteiger partial charge on any atom is 0.416 e. The van der Waals surface area contributed by atoms with Gasteiger partial charge in [0.05, 0.1) is 16.6 Å². The van der Waals surface area contributed by atoms with Crippen LogP contribution in [0.4, 0.5) is 13.2 Å². The van der Waals surface area contributed by atoms with Crippen LogP contribution in [-0.4, -0.2) is 10.5 Å². The molecule has 3 aromatic carbocycles. The molecular weight excluding hydrogens is 389 g/mol. The molecule has 0 aliphatic heterocycles. The number of aromatic nitrogens is 1. The highest BCUT2D eigenvalue weighted by molar-refractivity contribution is 6.31. The van der Waals surface area contributed by atoms with Crippen LogP contribution in [0.15, 0.2) is 54.6 Å². The van der Waals surface area contributed by atoms with Gasteiger partial charge in [0.25, 0.3) is 0 Å². The molecule has 0 saturated carbocycles. The molecule has 0 saturated heterocycles. The highest BCUT2D eigenvalue weighted by Gasteiger charge is 2.33. The summed E-state index contributed by atoms with van der Waals surface area (Å²) < 4.78 is 42.0. The predicted octanol–water partition coefficient (Wildman–Crippen LogP) is 5.41. The lowest BCUT2D eigenvalue weighted by Gasteiger charge is -2.15. The van der Waals surface area contributed by atoms with Gasteiger partial charge in [-0.15, -0.1) is 0 Å². The zero-order chi connectivity index (χ0) is 20.1. The molecule has 7 heteroatoms. The van der Waals surface area contributed by atoms with Crippen molar-refractivity contribution in [1.82, 2.24) is 4.57 Å². The second-order valence-corrected chi connectivity index (χ2v) is 6.82. The highest BCUT2D eigenvalue weighted by atomic mass is 35.5. The van der Waals surface area contributed by atoms with Crippen molar-refractivity contribution in [1.29, 1.82) is 0 Å². The molecule has 0 fully saturated rings. The number of amides is 1. The smallest absolute Gasteiger partial charge is 0.366 e. The van der Waals surface area contributed by atoms with Crippen LogP contribution in [0, 0.1) is 6.07 Å². The van der Waals surface area contributed by atoms with Crippen molar-refractivity contribution >= 4 is 39.3 Å². The molecule has 0 aliphatic carbocycles. The predicted molar refractivity (Wildman–Crippen MR) is 102 cm³/mol. The molecule has 1 aromatic heterocycles. The fraction of sp³-hybridized carbons (Fsp3) is 0.0952. The lowest BCUT2D eigenvalue weighted by molar-refractivity contribution is -0.138. The van der Waals surface area contributed by atoms with Crippen LogP contribution in [0.2, 0.25) is 5.02 Å². The van der Waals surface area contributed by atoms with Crippen LogP contribution >= 0.6 is 11.6 Å². The highest BCUT2D eigenvalue weighted by Crippen LogP contribution is 2.36. The minimum atomic E-state index is -4.47. The number of benzene rings is 3. The molecule has 141 valence electrons. The van der Waals surface area contributed by atoms with Gasteiger partial charge in [-0.1, -0.05) is 35.9 Å². The summed E-state index contributed by atoms with van der Waals surface area (Å²) in [5.41, 5.74) is 6.35. The average molecular weight is 402 g/mol. The fourth-order valence-electron chi connectivity index (χ4n) is 3.51. The van der Waals surface area contributed by atoms with Crippen LogP contribution in [-0.2, 0) is 12.7 Å². The Labute approximate surface area is 163 Å². The Morgan fingerprint density at radius 2 is 1.86 bits per heavy atom. The topological polar surface area (TPSA) is 48.0 Å². The van der Waals surface area contributed by atoms with E-state index < -0.39 is 17.6 Å². The summed E-state index contributed by atoms with van der Waals surface area (Å²) in [5, 5.41) is 1.52. The first-order chi connectivity index (χ1) is 13.3. The molecule has 0 atom stereocenters. The number of alkyl halides is 3. The Kier molecular flexibility index (Phi) is 4.31. The summed E-state index contributed by atoms with van der Waals surface area (Å²) in [4.78, 5) is 11.9. The van der Waals surface area contributed by atoms with E-state index in [1.54, 1.807) is 41.0 Å². The molecule has 3 nitrogen and oxygen atoms in total. The Morgan fingerprint density at radius 3 is 2.57 bits per heavy atom. The van der Waals surface area contributed by atoms with Crippen molar-refractivity contribution in [2.24, 2.45) is 5.73 Å². The maximum atomic E-state index is 13.4. The Morgan fingerprint density at radius 1 is 1.11 bits per heavy atom. The largest absolute Gasteiger partial charge is 0.416 e. The number of fused-ring (bicyclic) bond motifs is 3. The number of hydrogen-bond donors (Lipinski definition) is 1. The monoisotopic (exact) mass is 401 g/mol. The minimum Gasteiger partial charge on any atom is -0.366 e. The van der Waals surface area contributed by atoms with Gasteiger partial charge in [-0.2, -0.15) is 13.2 Å². The van der Waals surface area contributed by atoms with Crippen molar-refractivity contribution in [3.05, 3.63) is 82.4 Å². The normalized spacial score (nSPS) is 12.0. The summed E-state index contributed by atoms with van der Waals surface area (Å²) in [7, 11) is 0. The zero-order valence-corrected chi connectivity index (χ0v) is 15.1. The van der Waals surface area contributed by atoms with Crippen molar-refractivity contribution in [3.8, 4) is 0 Å². The van der Waals surface area contributed by atoms with Gasteiger partial charge >= 0.3 is 6.18 Å². The molecule has 1 amide bonds. The van der Waals surface area contributed by atoms with E-state index in [0.717, 1.165) is 6.07 Å². The summed E-state index contributed by atoms with van der Waals surface area (Å²) in [6.07, 6.45) is -4.47. The van der Waals surface area contributed by atoms with Gasteiger partial charge in [0.15, 0.2) is 0 Å². The number of nitrogens with zero attached hydrogens (tertiary/aromatic N) is 1. The SMILES string of the molecule is NC(=O)c1cccc2c1c1[c]cc(Cl)cc1n2Cc1ccccc1C(F)(F)F. The second kappa shape index (κ2) is 6.56. The number of halogens is 4. The van der Waals surface area contributed by atoms with Gasteiger partial charge < -0.3 is 10.3 Å². The van der Waals surface area contributed by atoms with E-state index in [4.69, 9.17) is 17.3 Å².